The van der Waals surface area contributed by atoms with Crippen molar-refractivity contribution in [2.45, 2.75) is 25.8 Å². The number of hydrogen-bond donors (Lipinski definition) is 2. The summed E-state index contributed by atoms with van der Waals surface area (Å²) in [5.74, 6) is -0.184. The number of pyridine rings is 1. The second-order valence-electron chi connectivity index (χ2n) is 8.04. The highest BCUT2D eigenvalue weighted by Crippen LogP contribution is 2.33. The Bertz CT molecular complexity index is 1210. The molecule has 1 aliphatic rings. The van der Waals surface area contributed by atoms with Gasteiger partial charge < -0.3 is 20.3 Å². The third-order valence-electron chi connectivity index (χ3n) is 5.85. The molecule has 0 fully saturated rings. The van der Waals surface area contributed by atoms with Gasteiger partial charge in [-0.25, -0.2) is 0 Å². The Morgan fingerprint density at radius 2 is 1.91 bits per heavy atom. The number of fused-ring (bicyclic) bond motifs is 1. The predicted molar refractivity (Wildman–Crippen MR) is 129 cm³/mol. The van der Waals surface area contributed by atoms with Crippen LogP contribution < -0.4 is 15.4 Å². The lowest BCUT2D eigenvalue weighted by Gasteiger charge is -2.36. The van der Waals surface area contributed by atoms with Crippen molar-refractivity contribution < 1.29 is 19.1 Å². The average Bonchev–Trinajstić information content (AvgIpc) is 2.85. The van der Waals surface area contributed by atoms with Crippen molar-refractivity contribution in [1.29, 1.82) is 0 Å². The Morgan fingerprint density at radius 1 is 1.09 bits per heavy atom. The Labute approximate surface area is 198 Å². The second-order valence-corrected chi connectivity index (χ2v) is 8.04. The number of nitrogens with one attached hydrogen (secondary N) is 2. The van der Waals surface area contributed by atoms with Crippen LogP contribution in [0.25, 0.3) is 0 Å². The summed E-state index contributed by atoms with van der Waals surface area (Å²) in [4.78, 5) is 43.3. The molecule has 174 valence electrons. The van der Waals surface area contributed by atoms with Crippen LogP contribution in [-0.4, -0.2) is 41.3 Å². The lowest BCUT2D eigenvalue weighted by molar-refractivity contribution is -0.132. The summed E-state index contributed by atoms with van der Waals surface area (Å²) in [5, 5.41) is 5.68. The van der Waals surface area contributed by atoms with Gasteiger partial charge in [-0.15, -0.1) is 0 Å². The van der Waals surface area contributed by atoms with Gasteiger partial charge in [-0.2, -0.15) is 0 Å². The van der Waals surface area contributed by atoms with Crippen molar-refractivity contribution in [3.05, 3.63) is 83.7 Å². The van der Waals surface area contributed by atoms with Crippen molar-refractivity contribution in [3.8, 4) is 5.75 Å². The summed E-state index contributed by atoms with van der Waals surface area (Å²) >= 11 is 0. The van der Waals surface area contributed by atoms with Crippen LogP contribution in [0.15, 0.2) is 67.0 Å². The topological polar surface area (TPSA) is 101 Å². The van der Waals surface area contributed by atoms with Crippen LogP contribution in [0.1, 0.15) is 40.9 Å². The number of ether oxygens (including phenoxy) is 1. The molecule has 0 saturated carbocycles. The van der Waals surface area contributed by atoms with Crippen LogP contribution in [0.3, 0.4) is 0 Å². The molecule has 4 rings (SSSR count). The number of carbonyl (C=O) groups is 3. The molecule has 8 heteroatoms. The zero-order valence-corrected chi connectivity index (χ0v) is 19.1. The van der Waals surface area contributed by atoms with E-state index in [0.29, 0.717) is 29.2 Å². The van der Waals surface area contributed by atoms with Crippen LogP contribution in [0.2, 0.25) is 0 Å². The largest absolute Gasteiger partial charge is 0.494 e. The maximum atomic E-state index is 12.9. The van der Waals surface area contributed by atoms with Crippen LogP contribution >= 0.6 is 0 Å². The standard InChI is InChI=1S/C26H26N4O4/c1-17(31)30-13-11-18-6-3-4-8-21(18)23(30)15-25(32)28-20-9-10-22(24(14-20)34-2)29-26(33)19-7-5-12-27-16-19/h3-10,12,14,16,23H,11,13,15H2,1-2H3,(H,28,32)(H,29,33). The Kier molecular flexibility index (Phi) is 6.87. The monoisotopic (exact) mass is 458 g/mol. The summed E-state index contributed by atoms with van der Waals surface area (Å²) in [6, 6.07) is 16.0. The summed E-state index contributed by atoms with van der Waals surface area (Å²) < 4.78 is 5.41. The van der Waals surface area contributed by atoms with E-state index in [-0.39, 0.29) is 30.2 Å². The Balaban J connectivity index is 1.47. The molecule has 3 aromatic rings. The molecule has 3 amide bonds. The fourth-order valence-electron chi connectivity index (χ4n) is 4.20. The zero-order valence-electron chi connectivity index (χ0n) is 19.1. The maximum absolute atomic E-state index is 12.9. The number of rotatable bonds is 6. The highest BCUT2D eigenvalue weighted by Gasteiger charge is 2.30. The number of nitrogens with zero attached hydrogens (tertiary/aromatic N) is 2. The summed E-state index contributed by atoms with van der Waals surface area (Å²) in [7, 11) is 1.49. The van der Waals surface area contributed by atoms with Crippen LogP contribution in [0, 0.1) is 0 Å². The molecule has 2 heterocycles. The third kappa shape index (κ3) is 5.06. The number of hydrogen-bond acceptors (Lipinski definition) is 5. The zero-order chi connectivity index (χ0) is 24.1. The first-order valence-corrected chi connectivity index (χ1v) is 11.0. The van der Waals surface area contributed by atoms with Gasteiger partial charge in [0.2, 0.25) is 11.8 Å². The van der Waals surface area contributed by atoms with Gasteiger partial charge in [0.1, 0.15) is 5.75 Å². The number of aromatic nitrogens is 1. The van der Waals surface area contributed by atoms with E-state index in [1.807, 2.05) is 24.3 Å². The van der Waals surface area contributed by atoms with Gasteiger partial charge in [-0.3, -0.25) is 19.4 Å². The molecule has 8 nitrogen and oxygen atoms in total. The van der Waals surface area contributed by atoms with Gasteiger partial charge >= 0.3 is 0 Å². The quantitative estimate of drug-likeness (QED) is 0.585. The van der Waals surface area contributed by atoms with Gasteiger partial charge in [0.15, 0.2) is 0 Å². The molecule has 1 aromatic heterocycles. The molecule has 0 saturated heterocycles. The highest BCUT2D eigenvalue weighted by atomic mass is 16.5. The van der Waals surface area contributed by atoms with E-state index in [2.05, 4.69) is 15.6 Å². The van der Waals surface area contributed by atoms with E-state index in [1.165, 1.54) is 20.2 Å². The predicted octanol–water partition coefficient (Wildman–Crippen LogP) is 3.82. The molecule has 0 bridgehead atoms. The summed E-state index contributed by atoms with van der Waals surface area (Å²) in [6.07, 6.45) is 3.98. The molecule has 0 aliphatic carbocycles. The fraction of sp³-hybridized carbons (Fsp3) is 0.231. The number of amides is 3. The number of methoxy groups -OCH3 is 1. The van der Waals surface area contributed by atoms with Crippen molar-refractivity contribution >= 4 is 29.1 Å². The van der Waals surface area contributed by atoms with E-state index in [1.54, 1.807) is 41.4 Å². The van der Waals surface area contributed by atoms with Gasteiger partial charge in [0.05, 0.1) is 30.8 Å². The number of anilines is 2. The van der Waals surface area contributed by atoms with Crippen molar-refractivity contribution in [2.24, 2.45) is 0 Å². The van der Waals surface area contributed by atoms with Crippen LogP contribution in [0.5, 0.6) is 5.75 Å². The summed E-state index contributed by atoms with van der Waals surface area (Å²) in [5.41, 5.74) is 3.58. The molecule has 0 spiro atoms. The Morgan fingerprint density at radius 3 is 2.65 bits per heavy atom. The minimum atomic E-state index is -0.317. The van der Waals surface area contributed by atoms with Crippen molar-refractivity contribution in [1.82, 2.24) is 9.88 Å². The van der Waals surface area contributed by atoms with E-state index in [0.717, 1.165) is 17.5 Å². The normalized spacial score (nSPS) is 14.6. The lowest BCUT2D eigenvalue weighted by atomic mass is 9.90. The minimum Gasteiger partial charge on any atom is -0.494 e. The molecular formula is C26H26N4O4. The molecule has 1 atom stereocenters. The van der Waals surface area contributed by atoms with Crippen molar-refractivity contribution in [2.75, 3.05) is 24.3 Å². The SMILES string of the molecule is COc1cc(NC(=O)CC2c3ccccc3CCN2C(C)=O)ccc1NC(=O)c1cccnc1. The third-order valence-corrected chi connectivity index (χ3v) is 5.85. The molecule has 0 radical (unpaired) electrons. The van der Waals surface area contributed by atoms with Gasteiger partial charge in [-0.05, 0) is 41.8 Å². The van der Waals surface area contributed by atoms with Gasteiger partial charge in [0.25, 0.3) is 5.91 Å². The van der Waals surface area contributed by atoms with E-state index < -0.39 is 0 Å². The minimum absolute atomic E-state index is 0.0531. The Hall–Kier alpha value is -4.20. The summed E-state index contributed by atoms with van der Waals surface area (Å²) in [6.45, 7) is 2.12. The second kappa shape index (κ2) is 10.2. The molecule has 34 heavy (non-hydrogen) atoms. The fourth-order valence-corrected chi connectivity index (χ4v) is 4.20. The number of carbonyl (C=O) groups excluding carboxylic acids is 3. The molecule has 2 aromatic carbocycles. The first-order chi connectivity index (χ1) is 16.5. The van der Waals surface area contributed by atoms with Crippen LogP contribution in [-0.2, 0) is 16.0 Å². The van der Waals surface area contributed by atoms with E-state index >= 15 is 0 Å². The maximum Gasteiger partial charge on any atom is 0.257 e. The van der Waals surface area contributed by atoms with Gasteiger partial charge in [0, 0.05) is 37.6 Å². The van der Waals surface area contributed by atoms with Crippen LogP contribution in [0.4, 0.5) is 11.4 Å². The highest BCUT2D eigenvalue weighted by molar-refractivity contribution is 6.05. The molecule has 1 unspecified atom stereocenters. The number of benzene rings is 2. The lowest BCUT2D eigenvalue weighted by Crippen LogP contribution is -2.40. The smallest absolute Gasteiger partial charge is 0.257 e. The first-order valence-electron chi connectivity index (χ1n) is 11.0. The van der Waals surface area contributed by atoms with Crippen molar-refractivity contribution in [3.63, 3.8) is 0 Å². The average molecular weight is 459 g/mol. The molecule has 1 aliphatic heterocycles. The molecule has 2 N–H and O–H groups in total. The van der Waals surface area contributed by atoms with E-state index in [4.69, 9.17) is 4.74 Å². The van der Waals surface area contributed by atoms with Gasteiger partial charge in [-0.1, -0.05) is 24.3 Å². The van der Waals surface area contributed by atoms with E-state index in [9.17, 15) is 14.4 Å². The first kappa shape index (κ1) is 23.0. The molecular weight excluding hydrogens is 432 g/mol.